The highest BCUT2D eigenvalue weighted by molar-refractivity contribution is 5.11. The fraction of sp³-hybridized carbons (Fsp3) is 0.643. The van der Waals surface area contributed by atoms with Gasteiger partial charge in [-0.3, -0.25) is 4.98 Å². The molecule has 94 valence electrons. The second kappa shape index (κ2) is 6.12. The van der Waals surface area contributed by atoms with Gasteiger partial charge >= 0.3 is 0 Å². The summed E-state index contributed by atoms with van der Waals surface area (Å²) >= 11 is 0. The lowest BCUT2D eigenvalue weighted by Gasteiger charge is -2.29. The second-order valence-corrected chi connectivity index (χ2v) is 5.02. The average Bonchev–Trinajstić information content (AvgIpc) is 2.40. The highest BCUT2D eigenvalue weighted by Crippen LogP contribution is 2.28. The van der Waals surface area contributed by atoms with Gasteiger partial charge in [-0.1, -0.05) is 19.3 Å². The Labute approximate surface area is 103 Å². The Morgan fingerprint density at radius 1 is 1.12 bits per heavy atom. The number of rotatable bonds is 4. The molecule has 2 unspecified atom stereocenters. The Hall–Kier alpha value is -0.930. The van der Waals surface area contributed by atoms with Crippen LogP contribution in [0, 0.1) is 5.92 Å². The van der Waals surface area contributed by atoms with E-state index in [2.05, 4.69) is 4.98 Å². The number of hydrogen-bond donors (Lipinski definition) is 2. The normalized spacial score (nSPS) is 21.1. The summed E-state index contributed by atoms with van der Waals surface area (Å²) < 4.78 is 0. The molecule has 0 spiro atoms. The van der Waals surface area contributed by atoms with Crippen LogP contribution in [0.1, 0.15) is 37.7 Å². The minimum atomic E-state index is -0.652. The summed E-state index contributed by atoms with van der Waals surface area (Å²) in [5, 5.41) is 20.2. The van der Waals surface area contributed by atoms with Gasteiger partial charge in [0.15, 0.2) is 0 Å². The molecule has 0 bridgehead atoms. The summed E-state index contributed by atoms with van der Waals surface area (Å²) in [7, 11) is 0. The molecular weight excluding hydrogens is 214 g/mol. The van der Waals surface area contributed by atoms with Gasteiger partial charge in [0.25, 0.3) is 0 Å². The molecule has 1 heterocycles. The predicted octanol–water partition coefficient (Wildman–Crippen LogP) is 1.93. The van der Waals surface area contributed by atoms with Crippen LogP contribution in [0.4, 0.5) is 0 Å². The average molecular weight is 235 g/mol. The molecule has 2 rings (SSSR count). The third-order valence-electron chi connectivity index (χ3n) is 3.72. The predicted molar refractivity (Wildman–Crippen MR) is 66.5 cm³/mol. The van der Waals surface area contributed by atoms with Gasteiger partial charge in [0.05, 0.1) is 12.2 Å². The van der Waals surface area contributed by atoms with Crippen molar-refractivity contribution >= 4 is 0 Å². The van der Waals surface area contributed by atoms with Crippen LogP contribution in [-0.2, 0) is 6.42 Å². The van der Waals surface area contributed by atoms with E-state index in [9.17, 15) is 10.2 Å². The number of aromatic nitrogens is 1. The molecule has 1 aromatic heterocycles. The molecule has 1 aliphatic rings. The lowest BCUT2D eigenvalue weighted by atomic mass is 9.82. The van der Waals surface area contributed by atoms with Gasteiger partial charge in [-0.15, -0.1) is 0 Å². The molecule has 1 aromatic rings. The summed E-state index contributed by atoms with van der Waals surface area (Å²) in [6.45, 7) is 0. The van der Waals surface area contributed by atoms with Gasteiger partial charge in [0.1, 0.15) is 0 Å². The third kappa shape index (κ3) is 3.51. The first-order valence-corrected chi connectivity index (χ1v) is 6.52. The molecule has 0 amide bonds. The number of aliphatic hydroxyl groups is 2. The van der Waals surface area contributed by atoms with Crippen LogP contribution < -0.4 is 0 Å². The van der Waals surface area contributed by atoms with Gasteiger partial charge in [-0.2, -0.15) is 0 Å². The number of pyridine rings is 1. The van der Waals surface area contributed by atoms with E-state index in [0.29, 0.717) is 6.42 Å². The summed E-state index contributed by atoms with van der Waals surface area (Å²) in [6, 6.07) is 3.77. The number of hydrogen-bond acceptors (Lipinski definition) is 3. The molecule has 2 N–H and O–H groups in total. The van der Waals surface area contributed by atoms with Crippen molar-refractivity contribution in [3.8, 4) is 0 Å². The smallest absolute Gasteiger partial charge is 0.0842 e. The molecule has 3 nitrogen and oxygen atoms in total. The van der Waals surface area contributed by atoms with Crippen LogP contribution in [0.5, 0.6) is 0 Å². The topological polar surface area (TPSA) is 53.4 Å². The zero-order valence-corrected chi connectivity index (χ0v) is 10.1. The van der Waals surface area contributed by atoms with Crippen molar-refractivity contribution in [3.63, 3.8) is 0 Å². The molecule has 3 heteroatoms. The van der Waals surface area contributed by atoms with E-state index in [0.717, 1.165) is 18.4 Å². The molecule has 0 radical (unpaired) electrons. The van der Waals surface area contributed by atoms with E-state index in [1.165, 1.54) is 19.3 Å². The number of aliphatic hydroxyl groups excluding tert-OH is 2. The highest BCUT2D eigenvalue weighted by Gasteiger charge is 2.27. The van der Waals surface area contributed by atoms with Gasteiger partial charge in [-0.05, 0) is 36.5 Å². The van der Waals surface area contributed by atoms with Crippen molar-refractivity contribution in [2.45, 2.75) is 50.7 Å². The summed E-state index contributed by atoms with van der Waals surface area (Å²) in [6.07, 6.45) is 8.45. The zero-order chi connectivity index (χ0) is 12.1. The largest absolute Gasteiger partial charge is 0.390 e. The van der Waals surface area contributed by atoms with Crippen LogP contribution in [-0.4, -0.2) is 27.4 Å². The zero-order valence-electron chi connectivity index (χ0n) is 10.1. The maximum atomic E-state index is 10.1. The first-order chi connectivity index (χ1) is 8.27. The van der Waals surface area contributed by atoms with E-state index in [-0.39, 0.29) is 5.92 Å². The summed E-state index contributed by atoms with van der Waals surface area (Å²) in [5.74, 6) is 0.278. The van der Waals surface area contributed by atoms with Crippen LogP contribution in [0.3, 0.4) is 0 Å². The Morgan fingerprint density at radius 3 is 2.41 bits per heavy atom. The lowest BCUT2D eigenvalue weighted by Crippen LogP contribution is -2.36. The SMILES string of the molecule is OC(Cc1ccncc1)C(O)C1CCCCC1. The maximum absolute atomic E-state index is 10.1. The Morgan fingerprint density at radius 2 is 1.76 bits per heavy atom. The Balaban J connectivity index is 1.88. The van der Waals surface area contributed by atoms with Crippen LogP contribution in [0.25, 0.3) is 0 Å². The third-order valence-corrected chi connectivity index (χ3v) is 3.72. The quantitative estimate of drug-likeness (QED) is 0.838. The van der Waals surface area contributed by atoms with E-state index < -0.39 is 12.2 Å². The van der Waals surface area contributed by atoms with Gasteiger partial charge in [-0.25, -0.2) is 0 Å². The molecule has 17 heavy (non-hydrogen) atoms. The van der Waals surface area contributed by atoms with E-state index in [1.54, 1.807) is 12.4 Å². The van der Waals surface area contributed by atoms with E-state index in [1.807, 2.05) is 12.1 Å². The first-order valence-electron chi connectivity index (χ1n) is 6.52. The standard InChI is InChI=1S/C14H21NO2/c16-13(10-11-6-8-15-9-7-11)14(17)12-4-2-1-3-5-12/h6-9,12-14,16-17H,1-5,10H2. The first kappa shape index (κ1) is 12.5. The lowest BCUT2D eigenvalue weighted by molar-refractivity contribution is -0.0263. The molecule has 1 saturated carbocycles. The van der Waals surface area contributed by atoms with E-state index >= 15 is 0 Å². The van der Waals surface area contributed by atoms with Gasteiger partial charge in [0.2, 0.25) is 0 Å². The Bertz CT molecular complexity index is 322. The summed E-state index contributed by atoms with van der Waals surface area (Å²) in [4.78, 5) is 3.94. The minimum Gasteiger partial charge on any atom is -0.390 e. The maximum Gasteiger partial charge on any atom is 0.0842 e. The fourth-order valence-electron chi connectivity index (χ4n) is 2.67. The number of nitrogens with zero attached hydrogens (tertiary/aromatic N) is 1. The summed E-state index contributed by atoms with van der Waals surface area (Å²) in [5.41, 5.74) is 1.03. The fourth-order valence-corrected chi connectivity index (χ4v) is 2.67. The van der Waals surface area contributed by atoms with Crippen molar-refractivity contribution in [2.24, 2.45) is 5.92 Å². The monoisotopic (exact) mass is 235 g/mol. The molecule has 0 saturated heterocycles. The van der Waals surface area contributed by atoms with Crippen molar-refractivity contribution in [1.82, 2.24) is 4.98 Å². The van der Waals surface area contributed by atoms with Gasteiger partial charge in [0, 0.05) is 18.8 Å². The molecule has 0 aliphatic heterocycles. The molecule has 0 aromatic carbocycles. The van der Waals surface area contributed by atoms with Gasteiger partial charge < -0.3 is 10.2 Å². The van der Waals surface area contributed by atoms with Crippen LogP contribution in [0.15, 0.2) is 24.5 Å². The molecule has 1 aliphatic carbocycles. The van der Waals surface area contributed by atoms with Crippen molar-refractivity contribution < 1.29 is 10.2 Å². The van der Waals surface area contributed by atoms with Crippen molar-refractivity contribution in [3.05, 3.63) is 30.1 Å². The van der Waals surface area contributed by atoms with Crippen molar-refractivity contribution in [2.75, 3.05) is 0 Å². The van der Waals surface area contributed by atoms with Crippen LogP contribution in [0.2, 0.25) is 0 Å². The van der Waals surface area contributed by atoms with Crippen LogP contribution >= 0.6 is 0 Å². The molecule has 2 atom stereocenters. The Kier molecular flexibility index (Phi) is 4.51. The minimum absolute atomic E-state index is 0.278. The highest BCUT2D eigenvalue weighted by atomic mass is 16.3. The molecule has 1 fully saturated rings. The van der Waals surface area contributed by atoms with Crippen molar-refractivity contribution in [1.29, 1.82) is 0 Å². The second-order valence-electron chi connectivity index (χ2n) is 5.02. The van der Waals surface area contributed by atoms with E-state index in [4.69, 9.17) is 0 Å². The molecular formula is C14H21NO2.